The van der Waals surface area contributed by atoms with Crippen molar-refractivity contribution in [2.45, 2.75) is 31.8 Å². The number of thiophene rings is 1. The molecule has 1 fully saturated rings. The molecule has 0 spiro atoms. The third kappa shape index (κ3) is 2.21. The first-order valence-corrected chi connectivity index (χ1v) is 7.39. The Morgan fingerprint density at radius 1 is 1.35 bits per heavy atom. The maximum Gasteiger partial charge on any atom is 0.0958 e. The average molecular weight is 252 g/mol. The summed E-state index contributed by atoms with van der Waals surface area (Å²) >= 11 is 1.95. The van der Waals surface area contributed by atoms with E-state index in [0.717, 1.165) is 13.0 Å². The van der Waals surface area contributed by atoms with E-state index in [-0.39, 0.29) is 6.10 Å². The fourth-order valence-corrected chi connectivity index (χ4v) is 3.99. The zero-order valence-electron chi connectivity index (χ0n) is 10.2. The van der Waals surface area contributed by atoms with Crippen LogP contribution < -0.4 is 10.6 Å². The molecule has 0 aromatic carbocycles. The van der Waals surface area contributed by atoms with Crippen molar-refractivity contribution >= 4 is 16.3 Å². The van der Waals surface area contributed by atoms with Crippen LogP contribution in [0.1, 0.15) is 35.8 Å². The number of anilines is 1. The highest BCUT2D eigenvalue weighted by molar-refractivity contribution is 7.16. The van der Waals surface area contributed by atoms with Crippen molar-refractivity contribution in [2.75, 3.05) is 31.1 Å². The third-order valence-electron chi connectivity index (χ3n) is 3.71. The Kier molecular flexibility index (Phi) is 3.36. The fourth-order valence-electron chi connectivity index (χ4n) is 2.74. The molecule has 3 nitrogen and oxygen atoms in total. The number of nitrogens with two attached hydrogens (primary N) is 1. The van der Waals surface area contributed by atoms with Gasteiger partial charge in [-0.2, -0.15) is 0 Å². The van der Waals surface area contributed by atoms with E-state index >= 15 is 0 Å². The summed E-state index contributed by atoms with van der Waals surface area (Å²) in [5.74, 6) is 0. The van der Waals surface area contributed by atoms with Crippen molar-refractivity contribution in [3.05, 3.63) is 16.5 Å². The van der Waals surface area contributed by atoms with E-state index in [1.807, 2.05) is 11.3 Å². The highest BCUT2D eigenvalue weighted by Gasteiger charge is 2.24. The summed E-state index contributed by atoms with van der Waals surface area (Å²) in [7, 11) is 0. The summed E-state index contributed by atoms with van der Waals surface area (Å²) in [5, 5.41) is 1.43. The number of fused-ring (bicyclic) bond motifs is 1. The summed E-state index contributed by atoms with van der Waals surface area (Å²) in [6.45, 7) is 3.86. The van der Waals surface area contributed by atoms with Crippen LogP contribution in [0.5, 0.6) is 0 Å². The van der Waals surface area contributed by atoms with Gasteiger partial charge in [0.1, 0.15) is 0 Å². The van der Waals surface area contributed by atoms with Gasteiger partial charge >= 0.3 is 0 Å². The van der Waals surface area contributed by atoms with Crippen LogP contribution in [0.15, 0.2) is 6.07 Å². The molecule has 1 atom stereocenters. The maximum absolute atomic E-state index is 5.77. The second kappa shape index (κ2) is 4.96. The van der Waals surface area contributed by atoms with Crippen LogP contribution in [0, 0.1) is 0 Å². The van der Waals surface area contributed by atoms with Crippen LogP contribution in [-0.2, 0) is 11.2 Å². The van der Waals surface area contributed by atoms with Crippen molar-refractivity contribution in [3.63, 3.8) is 0 Å². The Hall–Kier alpha value is -0.580. The van der Waals surface area contributed by atoms with Gasteiger partial charge in [-0.1, -0.05) is 0 Å². The Balaban J connectivity index is 1.84. The van der Waals surface area contributed by atoms with E-state index < -0.39 is 0 Å². The number of piperidine rings is 1. The molecule has 0 radical (unpaired) electrons. The van der Waals surface area contributed by atoms with E-state index in [9.17, 15) is 0 Å². The molecule has 0 unspecified atom stereocenters. The zero-order chi connectivity index (χ0) is 11.7. The summed E-state index contributed by atoms with van der Waals surface area (Å²) in [6, 6.07) is 2.32. The van der Waals surface area contributed by atoms with Gasteiger partial charge in [0.05, 0.1) is 17.7 Å². The van der Waals surface area contributed by atoms with Crippen LogP contribution >= 0.6 is 11.3 Å². The van der Waals surface area contributed by atoms with Crippen molar-refractivity contribution in [1.29, 1.82) is 0 Å². The monoisotopic (exact) mass is 252 g/mol. The van der Waals surface area contributed by atoms with E-state index in [1.165, 1.54) is 47.8 Å². The van der Waals surface area contributed by atoms with E-state index in [4.69, 9.17) is 10.5 Å². The molecule has 3 rings (SSSR count). The SMILES string of the molecule is NC[C@H]1OCCc2sc(N3CCCCC3)cc21. The van der Waals surface area contributed by atoms with Crippen molar-refractivity contribution in [2.24, 2.45) is 5.73 Å². The van der Waals surface area contributed by atoms with Gasteiger partial charge in [0, 0.05) is 30.9 Å². The van der Waals surface area contributed by atoms with Gasteiger partial charge < -0.3 is 15.4 Å². The van der Waals surface area contributed by atoms with Crippen molar-refractivity contribution < 1.29 is 4.74 Å². The quantitative estimate of drug-likeness (QED) is 0.878. The second-order valence-corrected chi connectivity index (χ2v) is 5.97. The minimum Gasteiger partial charge on any atom is -0.372 e. The molecule has 2 N–H and O–H groups in total. The number of hydrogen-bond acceptors (Lipinski definition) is 4. The molecule has 0 bridgehead atoms. The first-order chi connectivity index (χ1) is 8.38. The molecule has 2 aliphatic rings. The molecule has 17 heavy (non-hydrogen) atoms. The summed E-state index contributed by atoms with van der Waals surface area (Å²) in [6.07, 6.45) is 5.24. The van der Waals surface area contributed by atoms with Gasteiger partial charge in [0.25, 0.3) is 0 Å². The molecular weight excluding hydrogens is 232 g/mol. The largest absolute Gasteiger partial charge is 0.372 e. The topological polar surface area (TPSA) is 38.5 Å². The molecule has 2 aliphatic heterocycles. The molecule has 0 amide bonds. The molecule has 1 aromatic heterocycles. The van der Waals surface area contributed by atoms with Crippen LogP contribution in [-0.4, -0.2) is 26.2 Å². The standard InChI is InChI=1S/C13H20N2OS/c14-9-11-10-8-13(15-5-2-1-3-6-15)17-12(10)4-7-16-11/h8,11H,1-7,9,14H2/t11-/m1/s1. The molecular formula is C13H20N2OS. The third-order valence-corrected chi connectivity index (χ3v) is 4.98. The van der Waals surface area contributed by atoms with E-state index in [1.54, 1.807) is 0 Å². The van der Waals surface area contributed by atoms with Crippen LogP contribution in [0.3, 0.4) is 0 Å². The summed E-state index contributed by atoms with van der Waals surface area (Å²) in [4.78, 5) is 4.02. The van der Waals surface area contributed by atoms with Gasteiger partial charge in [-0.25, -0.2) is 0 Å². The summed E-state index contributed by atoms with van der Waals surface area (Å²) < 4.78 is 5.72. The predicted octanol–water partition coefficient (Wildman–Crippen LogP) is 2.31. The molecule has 4 heteroatoms. The summed E-state index contributed by atoms with van der Waals surface area (Å²) in [5.41, 5.74) is 7.12. The smallest absolute Gasteiger partial charge is 0.0958 e. The Bertz CT molecular complexity index is 385. The minimum absolute atomic E-state index is 0.133. The molecule has 1 aromatic rings. The lowest BCUT2D eigenvalue weighted by Crippen LogP contribution is -2.28. The molecule has 3 heterocycles. The van der Waals surface area contributed by atoms with Gasteiger partial charge in [-0.15, -0.1) is 11.3 Å². The molecule has 1 saturated heterocycles. The Labute approximate surface area is 107 Å². The molecule has 94 valence electrons. The normalized spacial score (nSPS) is 24.8. The number of nitrogens with zero attached hydrogens (tertiary/aromatic N) is 1. The molecule has 0 aliphatic carbocycles. The van der Waals surface area contributed by atoms with Gasteiger partial charge in [0.15, 0.2) is 0 Å². The Morgan fingerprint density at radius 2 is 2.18 bits per heavy atom. The second-order valence-electron chi connectivity index (χ2n) is 4.86. The van der Waals surface area contributed by atoms with Crippen molar-refractivity contribution in [1.82, 2.24) is 0 Å². The fraction of sp³-hybridized carbons (Fsp3) is 0.692. The van der Waals surface area contributed by atoms with Crippen LogP contribution in [0.25, 0.3) is 0 Å². The van der Waals surface area contributed by atoms with Gasteiger partial charge in [0.2, 0.25) is 0 Å². The van der Waals surface area contributed by atoms with Crippen LogP contribution in [0.4, 0.5) is 5.00 Å². The lowest BCUT2D eigenvalue weighted by atomic mass is 10.1. The number of rotatable bonds is 2. The molecule has 0 saturated carbocycles. The lowest BCUT2D eigenvalue weighted by molar-refractivity contribution is 0.0498. The maximum atomic E-state index is 5.77. The van der Waals surface area contributed by atoms with E-state index in [2.05, 4.69) is 11.0 Å². The average Bonchev–Trinajstić information content (AvgIpc) is 2.83. The van der Waals surface area contributed by atoms with Gasteiger partial charge in [-0.05, 0) is 30.9 Å². The van der Waals surface area contributed by atoms with Crippen LogP contribution in [0.2, 0.25) is 0 Å². The highest BCUT2D eigenvalue weighted by Crippen LogP contribution is 2.38. The highest BCUT2D eigenvalue weighted by atomic mass is 32.1. The first kappa shape index (κ1) is 11.5. The predicted molar refractivity (Wildman–Crippen MR) is 71.8 cm³/mol. The number of hydrogen-bond donors (Lipinski definition) is 1. The van der Waals surface area contributed by atoms with E-state index in [0.29, 0.717) is 6.54 Å². The first-order valence-electron chi connectivity index (χ1n) is 6.57. The minimum atomic E-state index is 0.133. The Morgan fingerprint density at radius 3 is 2.94 bits per heavy atom. The number of ether oxygens (including phenoxy) is 1. The zero-order valence-corrected chi connectivity index (χ0v) is 11.0. The van der Waals surface area contributed by atoms with Crippen molar-refractivity contribution in [3.8, 4) is 0 Å². The lowest BCUT2D eigenvalue weighted by Gasteiger charge is -2.27. The van der Waals surface area contributed by atoms with Gasteiger partial charge in [-0.3, -0.25) is 0 Å².